The Balaban J connectivity index is 1.36. The lowest BCUT2D eigenvalue weighted by Gasteiger charge is -2.31. The first-order chi connectivity index (χ1) is 16.2. The van der Waals surface area contributed by atoms with Crippen molar-refractivity contribution in [1.82, 2.24) is 4.90 Å². The first-order valence-corrected chi connectivity index (χ1v) is 11.5. The average molecular weight is 444 g/mol. The van der Waals surface area contributed by atoms with Crippen LogP contribution in [0.4, 0.5) is 0 Å². The third-order valence-corrected chi connectivity index (χ3v) is 6.40. The van der Waals surface area contributed by atoms with Crippen molar-refractivity contribution in [2.45, 2.75) is 32.1 Å². The summed E-state index contributed by atoms with van der Waals surface area (Å²) < 4.78 is 17.5. The monoisotopic (exact) mass is 443 g/mol. The Labute approximate surface area is 194 Å². The fourth-order valence-electron chi connectivity index (χ4n) is 4.62. The number of fused-ring (bicyclic) bond motifs is 1. The Morgan fingerprint density at radius 2 is 1.76 bits per heavy atom. The highest BCUT2D eigenvalue weighted by atomic mass is 16.7. The van der Waals surface area contributed by atoms with Gasteiger partial charge in [0.05, 0.1) is 12.7 Å². The van der Waals surface area contributed by atoms with Gasteiger partial charge < -0.3 is 19.3 Å². The molecule has 5 rings (SSSR count). The van der Waals surface area contributed by atoms with Crippen molar-refractivity contribution in [3.05, 3.63) is 101 Å². The van der Waals surface area contributed by atoms with Crippen LogP contribution in [-0.2, 0) is 35.3 Å². The van der Waals surface area contributed by atoms with E-state index in [1.54, 1.807) is 13.4 Å². The highest BCUT2D eigenvalue weighted by Gasteiger charge is 2.31. The zero-order valence-electron chi connectivity index (χ0n) is 18.9. The van der Waals surface area contributed by atoms with Gasteiger partial charge in [0, 0.05) is 26.1 Å². The average Bonchev–Trinajstić information content (AvgIpc) is 3.31. The molecule has 0 fully saturated rings. The largest absolute Gasteiger partial charge is 0.504 e. The Bertz CT molecular complexity index is 1130. The maximum atomic E-state index is 11.1. The summed E-state index contributed by atoms with van der Waals surface area (Å²) >= 11 is 0. The second-order valence-corrected chi connectivity index (χ2v) is 8.56. The smallest absolute Gasteiger partial charge is 0.244 e. The number of methoxy groups -OCH3 is 1. The second-order valence-electron chi connectivity index (χ2n) is 8.56. The van der Waals surface area contributed by atoms with E-state index in [1.165, 1.54) is 11.1 Å². The van der Waals surface area contributed by atoms with Gasteiger partial charge in [-0.15, -0.1) is 0 Å². The third-order valence-electron chi connectivity index (χ3n) is 6.40. The van der Waals surface area contributed by atoms with Crippen molar-refractivity contribution in [3.8, 4) is 11.5 Å². The maximum Gasteiger partial charge on any atom is 0.244 e. The third kappa shape index (κ3) is 4.69. The summed E-state index contributed by atoms with van der Waals surface area (Å²) in [6, 6.07) is 22.6. The fourth-order valence-corrected chi connectivity index (χ4v) is 4.62. The van der Waals surface area contributed by atoms with E-state index in [0.29, 0.717) is 23.5 Å². The molecule has 0 radical (unpaired) electrons. The molecule has 0 aromatic heterocycles. The highest BCUT2D eigenvalue weighted by molar-refractivity contribution is 5.73. The van der Waals surface area contributed by atoms with Crippen LogP contribution in [0.5, 0.6) is 11.5 Å². The lowest BCUT2D eigenvalue weighted by molar-refractivity contribution is -0.0137. The summed E-state index contributed by atoms with van der Waals surface area (Å²) in [5, 5.41) is 11.1. The van der Waals surface area contributed by atoms with E-state index < -0.39 is 6.29 Å². The van der Waals surface area contributed by atoms with Gasteiger partial charge in [0.1, 0.15) is 6.26 Å². The molecule has 5 heteroatoms. The summed E-state index contributed by atoms with van der Waals surface area (Å²) in [5.41, 5.74) is 5.43. The molecule has 1 N–H and O–H groups in total. The zero-order valence-corrected chi connectivity index (χ0v) is 18.9. The minimum Gasteiger partial charge on any atom is -0.504 e. The van der Waals surface area contributed by atoms with Gasteiger partial charge in [0.2, 0.25) is 6.29 Å². The van der Waals surface area contributed by atoms with Crippen LogP contribution in [-0.4, -0.2) is 36.5 Å². The number of phenolic OH excluding ortho intramolecular Hbond substituents is 1. The van der Waals surface area contributed by atoms with Gasteiger partial charge >= 0.3 is 0 Å². The summed E-state index contributed by atoms with van der Waals surface area (Å²) in [7, 11) is 1.58. The van der Waals surface area contributed by atoms with Crippen molar-refractivity contribution in [1.29, 1.82) is 0 Å². The quantitative estimate of drug-likeness (QED) is 0.562. The lowest BCUT2D eigenvalue weighted by atomic mass is 9.92. The molecular formula is C28H29NO4. The van der Waals surface area contributed by atoms with E-state index in [9.17, 15) is 5.11 Å². The van der Waals surface area contributed by atoms with Gasteiger partial charge in [0.15, 0.2) is 17.3 Å². The number of nitrogens with zero attached hydrogens (tertiary/aromatic N) is 1. The van der Waals surface area contributed by atoms with Crippen LogP contribution in [0.3, 0.4) is 0 Å². The lowest BCUT2D eigenvalue weighted by Crippen LogP contribution is -2.33. The van der Waals surface area contributed by atoms with Gasteiger partial charge in [-0.3, -0.25) is 4.90 Å². The first kappa shape index (κ1) is 21.4. The molecule has 2 heterocycles. The normalized spacial score (nSPS) is 17.6. The Morgan fingerprint density at radius 3 is 2.48 bits per heavy atom. The number of ether oxygens (including phenoxy) is 3. The number of benzene rings is 3. The van der Waals surface area contributed by atoms with Crippen LogP contribution in [0.15, 0.2) is 73.0 Å². The van der Waals surface area contributed by atoms with Crippen LogP contribution in [0.25, 0.3) is 5.76 Å². The molecule has 0 spiro atoms. The minimum atomic E-state index is -0.415. The number of hydrogen-bond donors (Lipinski definition) is 1. The molecule has 3 aromatic carbocycles. The van der Waals surface area contributed by atoms with Crippen molar-refractivity contribution in [2.75, 3.05) is 20.2 Å². The Kier molecular flexibility index (Phi) is 6.22. The van der Waals surface area contributed by atoms with E-state index in [1.807, 2.05) is 30.3 Å². The van der Waals surface area contributed by atoms with E-state index in [-0.39, 0.29) is 5.75 Å². The molecule has 1 unspecified atom stereocenters. The molecule has 0 saturated carbocycles. The van der Waals surface area contributed by atoms with Gasteiger partial charge in [-0.05, 0) is 41.2 Å². The summed E-state index contributed by atoms with van der Waals surface area (Å²) in [6.07, 6.45) is 3.74. The number of aromatic hydroxyl groups is 1. The number of phenols is 1. The predicted molar refractivity (Wildman–Crippen MR) is 128 cm³/mol. The van der Waals surface area contributed by atoms with Crippen LogP contribution in [0.1, 0.15) is 27.8 Å². The summed E-state index contributed by atoms with van der Waals surface area (Å²) in [6.45, 7) is 2.68. The van der Waals surface area contributed by atoms with Crippen LogP contribution in [0, 0.1) is 0 Å². The van der Waals surface area contributed by atoms with Gasteiger partial charge in [0.25, 0.3) is 0 Å². The van der Waals surface area contributed by atoms with Crippen LogP contribution < -0.4 is 4.74 Å². The molecule has 2 aliphatic rings. The topological polar surface area (TPSA) is 51.2 Å². The van der Waals surface area contributed by atoms with Gasteiger partial charge in [-0.2, -0.15) is 0 Å². The van der Waals surface area contributed by atoms with Crippen molar-refractivity contribution in [3.63, 3.8) is 0 Å². The molecule has 0 aliphatic carbocycles. The Hall–Kier alpha value is -3.44. The summed E-state index contributed by atoms with van der Waals surface area (Å²) in [5.74, 6) is 1.14. The molecule has 170 valence electrons. The number of hydrogen-bond acceptors (Lipinski definition) is 5. The molecule has 33 heavy (non-hydrogen) atoms. The second kappa shape index (κ2) is 9.59. The van der Waals surface area contributed by atoms with E-state index in [4.69, 9.17) is 14.2 Å². The highest BCUT2D eigenvalue weighted by Crippen LogP contribution is 2.43. The minimum absolute atomic E-state index is 0.108. The number of rotatable bonds is 7. The van der Waals surface area contributed by atoms with Crippen molar-refractivity contribution < 1.29 is 19.3 Å². The predicted octanol–water partition coefficient (Wildman–Crippen LogP) is 4.92. The summed E-state index contributed by atoms with van der Waals surface area (Å²) in [4.78, 5) is 2.43. The molecule has 3 aromatic rings. The molecule has 5 nitrogen and oxygen atoms in total. The molecule has 0 saturated heterocycles. The maximum absolute atomic E-state index is 11.1. The molecule has 0 amide bonds. The van der Waals surface area contributed by atoms with Crippen LogP contribution >= 0.6 is 0 Å². The van der Waals surface area contributed by atoms with Gasteiger partial charge in [-0.25, -0.2) is 0 Å². The first-order valence-electron chi connectivity index (χ1n) is 11.5. The molecule has 2 aliphatic heterocycles. The molecular weight excluding hydrogens is 414 g/mol. The molecule has 0 bridgehead atoms. The van der Waals surface area contributed by atoms with Crippen molar-refractivity contribution in [2.24, 2.45) is 0 Å². The zero-order chi connectivity index (χ0) is 22.6. The van der Waals surface area contributed by atoms with E-state index >= 15 is 0 Å². The fraction of sp³-hybridized carbons (Fsp3) is 0.286. The Morgan fingerprint density at radius 1 is 1.03 bits per heavy atom. The molecule has 1 atom stereocenters. The standard InChI is InChI=1S/C28H29NO4/c1-31-24-17-22-13-15-29(14-12-20-8-4-2-5-9-20)18-23(22)27(28(24)30)25-19-32-26(33-25)16-21-10-6-3-7-11-21/h2-11,17,19,26,30H,12-16,18H2,1H3. The van der Waals surface area contributed by atoms with Crippen molar-refractivity contribution >= 4 is 5.76 Å². The van der Waals surface area contributed by atoms with E-state index in [0.717, 1.165) is 43.6 Å². The van der Waals surface area contributed by atoms with Crippen LogP contribution in [0.2, 0.25) is 0 Å². The van der Waals surface area contributed by atoms with E-state index in [2.05, 4.69) is 41.3 Å². The SMILES string of the molecule is COc1cc2c(c(C3=COC(Cc4ccccc4)O3)c1O)CN(CCc1ccccc1)CC2. The van der Waals surface area contributed by atoms with Gasteiger partial charge in [-0.1, -0.05) is 60.7 Å².